The van der Waals surface area contributed by atoms with Crippen LogP contribution in [0.1, 0.15) is 27.6 Å². The summed E-state index contributed by atoms with van der Waals surface area (Å²) < 4.78 is 11.1. The van der Waals surface area contributed by atoms with E-state index in [0.717, 1.165) is 27.6 Å². The summed E-state index contributed by atoms with van der Waals surface area (Å²) in [7, 11) is 0. The summed E-state index contributed by atoms with van der Waals surface area (Å²) in [6, 6.07) is 13.4. The zero-order valence-corrected chi connectivity index (χ0v) is 13.4. The van der Waals surface area contributed by atoms with E-state index >= 15 is 0 Å². The van der Waals surface area contributed by atoms with Crippen LogP contribution in [0.4, 0.5) is 0 Å². The number of carbonyl (C=O) groups is 1. The predicted octanol–water partition coefficient (Wildman–Crippen LogP) is 4.12. The number of amides is 1. The largest absolute Gasteiger partial charge is 0.465 e. The summed E-state index contributed by atoms with van der Waals surface area (Å²) in [6.07, 6.45) is 0. The molecule has 0 aliphatic carbocycles. The number of pyridine rings is 1. The highest BCUT2D eigenvalue weighted by atomic mass is 16.4. The number of aromatic nitrogens is 1. The van der Waals surface area contributed by atoms with E-state index in [1.54, 1.807) is 6.07 Å². The molecule has 120 valence electrons. The van der Waals surface area contributed by atoms with Gasteiger partial charge in [-0.15, -0.1) is 0 Å². The highest BCUT2D eigenvalue weighted by molar-refractivity contribution is 5.98. The fourth-order valence-corrected chi connectivity index (χ4v) is 2.68. The molecule has 1 N–H and O–H groups in total. The number of nitrogens with zero attached hydrogens (tertiary/aromatic N) is 1. The molecule has 0 aliphatic rings. The third-order valence-electron chi connectivity index (χ3n) is 3.90. The minimum Gasteiger partial charge on any atom is -0.465 e. The van der Waals surface area contributed by atoms with E-state index in [-0.39, 0.29) is 11.7 Å². The molecule has 0 saturated heterocycles. The van der Waals surface area contributed by atoms with Crippen molar-refractivity contribution in [3.8, 4) is 0 Å². The lowest BCUT2D eigenvalue weighted by atomic mass is 10.1. The van der Waals surface area contributed by atoms with Gasteiger partial charge in [-0.3, -0.25) is 4.79 Å². The van der Waals surface area contributed by atoms with Gasteiger partial charge in [-0.2, -0.15) is 0 Å². The number of rotatable bonds is 3. The van der Waals surface area contributed by atoms with Gasteiger partial charge in [0.05, 0.1) is 12.1 Å². The summed E-state index contributed by atoms with van der Waals surface area (Å²) in [6.45, 7) is 4.20. The van der Waals surface area contributed by atoms with E-state index in [4.69, 9.17) is 8.83 Å². The molecular formula is C19H16N2O3. The first kappa shape index (κ1) is 14.5. The molecule has 0 saturated carbocycles. The van der Waals surface area contributed by atoms with Crippen LogP contribution < -0.4 is 5.32 Å². The number of furan rings is 2. The number of carbonyl (C=O) groups excluding carboxylic acids is 1. The molecule has 0 fully saturated rings. The van der Waals surface area contributed by atoms with Crippen molar-refractivity contribution in [3.63, 3.8) is 0 Å². The molecule has 5 heteroatoms. The van der Waals surface area contributed by atoms with Crippen LogP contribution >= 0.6 is 0 Å². The molecule has 0 aliphatic heterocycles. The smallest absolute Gasteiger partial charge is 0.287 e. The summed E-state index contributed by atoms with van der Waals surface area (Å²) in [5, 5.41) is 4.62. The number of hydrogen-bond acceptors (Lipinski definition) is 4. The Morgan fingerprint density at radius 3 is 2.71 bits per heavy atom. The van der Waals surface area contributed by atoms with E-state index in [2.05, 4.69) is 10.3 Å². The van der Waals surface area contributed by atoms with E-state index in [1.807, 2.05) is 50.2 Å². The Labute approximate surface area is 138 Å². The molecule has 0 unspecified atom stereocenters. The SMILES string of the molecule is Cc1ccc2cc3cc(C(=O)NCc4ccc(C)o4)oc3nc2c1. The van der Waals surface area contributed by atoms with Gasteiger partial charge >= 0.3 is 0 Å². The van der Waals surface area contributed by atoms with Gasteiger partial charge in [0.15, 0.2) is 5.76 Å². The second-order valence-corrected chi connectivity index (χ2v) is 5.88. The number of aryl methyl sites for hydroxylation is 2. The third kappa shape index (κ3) is 2.65. The normalized spacial score (nSPS) is 11.2. The van der Waals surface area contributed by atoms with Crippen LogP contribution in [0, 0.1) is 13.8 Å². The maximum absolute atomic E-state index is 12.3. The standard InChI is InChI=1S/C19H16N2O3/c1-11-3-5-13-8-14-9-17(24-19(14)21-16(13)7-11)18(22)20-10-15-6-4-12(2)23-15/h3-9H,10H2,1-2H3,(H,20,22). The van der Waals surface area contributed by atoms with E-state index in [9.17, 15) is 4.79 Å². The molecule has 1 amide bonds. The van der Waals surface area contributed by atoms with Crippen molar-refractivity contribution in [1.29, 1.82) is 0 Å². The van der Waals surface area contributed by atoms with Crippen LogP contribution in [0.5, 0.6) is 0 Å². The lowest BCUT2D eigenvalue weighted by Crippen LogP contribution is -2.21. The Balaban J connectivity index is 1.61. The summed E-state index contributed by atoms with van der Waals surface area (Å²) >= 11 is 0. The minimum absolute atomic E-state index is 0.243. The number of benzene rings is 1. The Kier molecular flexibility index (Phi) is 3.34. The second-order valence-electron chi connectivity index (χ2n) is 5.88. The minimum atomic E-state index is -0.290. The molecule has 5 nitrogen and oxygen atoms in total. The van der Waals surface area contributed by atoms with Crippen LogP contribution in [-0.2, 0) is 6.54 Å². The highest BCUT2D eigenvalue weighted by Gasteiger charge is 2.14. The van der Waals surface area contributed by atoms with E-state index in [0.29, 0.717) is 18.0 Å². The monoisotopic (exact) mass is 320 g/mol. The van der Waals surface area contributed by atoms with Crippen LogP contribution in [0.15, 0.2) is 51.3 Å². The molecule has 3 heterocycles. The average Bonchev–Trinajstić information content (AvgIpc) is 3.16. The lowest BCUT2D eigenvalue weighted by molar-refractivity contribution is 0.0922. The number of nitrogens with one attached hydrogen (secondary N) is 1. The molecule has 24 heavy (non-hydrogen) atoms. The molecular weight excluding hydrogens is 304 g/mol. The highest BCUT2D eigenvalue weighted by Crippen LogP contribution is 2.23. The zero-order valence-electron chi connectivity index (χ0n) is 13.4. The third-order valence-corrected chi connectivity index (χ3v) is 3.90. The Morgan fingerprint density at radius 1 is 1.04 bits per heavy atom. The molecule has 0 spiro atoms. The first-order chi connectivity index (χ1) is 11.6. The Hall–Kier alpha value is -3.08. The summed E-state index contributed by atoms with van der Waals surface area (Å²) in [4.78, 5) is 16.8. The van der Waals surface area contributed by atoms with Gasteiger partial charge in [-0.25, -0.2) is 4.98 Å². The van der Waals surface area contributed by atoms with Crippen molar-refractivity contribution in [3.05, 3.63) is 65.3 Å². The molecule has 0 radical (unpaired) electrons. The van der Waals surface area contributed by atoms with Crippen LogP contribution in [0.3, 0.4) is 0 Å². The zero-order chi connectivity index (χ0) is 16.7. The second kappa shape index (κ2) is 5.53. The van der Waals surface area contributed by atoms with Gasteiger partial charge in [0, 0.05) is 10.8 Å². The maximum Gasteiger partial charge on any atom is 0.287 e. The summed E-state index contributed by atoms with van der Waals surface area (Å²) in [5.41, 5.74) is 2.45. The van der Waals surface area contributed by atoms with Crippen molar-refractivity contribution in [1.82, 2.24) is 10.3 Å². The van der Waals surface area contributed by atoms with Gasteiger partial charge in [0.1, 0.15) is 11.5 Å². The molecule has 4 rings (SSSR count). The molecule has 0 bridgehead atoms. The quantitative estimate of drug-likeness (QED) is 0.616. The van der Waals surface area contributed by atoms with Crippen molar-refractivity contribution in [2.75, 3.05) is 0 Å². The van der Waals surface area contributed by atoms with Crippen LogP contribution in [-0.4, -0.2) is 10.9 Å². The molecule has 3 aromatic heterocycles. The van der Waals surface area contributed by atoms with Crippen LogP contribution in [0.2, 0.25) is 0 Å². The first-order valence-corrected chi connectivity index (χ1v) is 7.73. The van der Waals surface area contributed by atoms with Crippen molar-refractivity contribution in [2.45, 2.75) is 20.4 Å². The van der Waals surface area contributed by atoms with E-state index in [1.165, 1.54) is 0 Å². The van der Waals surface area contributed by atoms with Gasteiger partial charge in [-0.05, 0) is 49.7 Å². The van der Waals surface area contributed by atoms with Gasteiger partial charge in [0.2, 0.25) is 5.71 Å². The number of fused-ring (bicyclic) bond motifs is 2. The molecule has 0 atom stereocenters. The van der Waals surface area contributed by atoms with Crippen molar-refractivity contribution >= 4 is 27.9 Å². The fourth-order valence-electron chi connectivity index (χ4n) is 2.68. The van der Waals surface area contributed by atoms with Crippen LogP contribution in [0.25, 0.3) is 22.0 Å². The van der Waals surface area contributed by atoms with Crippen molar-refractivity contribution < 1.29 is 13.6 Å². The molecule has 4 aromatic rings. The Morgan fingerprint density at radius 2 is 1.92 bits per heavy atom. The predicted molar refractivity (Wildman–Crippen MR) is 90.9 cm³/mol. The summed E-state index contributed by atoms with van der Waals surface area (Å²) in [5.74, 6) is 1.47. The van der Waals surface area contributed by atoms with E-state index < -0.39 is 0 Å². The van der Waals surface area contributed by atoms with Gasteiger partial charge in [0.25, 0.3) is 5.91 Å². The first-order valence-electron chi connectivity index (χ1n) is 7.73. The van der Waals surface area contributed by atoms with Crippen molar-refractivity contribution in [2.24, 2.45) is 0 Å². The fraction of sp³-hybridized carbons (Fsp3) is 0.158. The molecule has 1 aromatic carbocycles. The topological polar surface area (TPSA) is 68.3 Å². The number of hydrogen-bond donors (Lipinski definition) is 1. The average molecular weight is 320 g/mol. The van der Waals surface area contributed by atoms with Gasteiger partial charge < -0.3 is 14.2 Å². The Bertz CT molecular complexity index is 1060. The lowest BCUT2D eigenvalue weighted by Gasteiger charge is -1.99. The maximum atomic E-state index is 12.3. The van der Waals surface area contributed by atoms with Gasteiger partial charge in [-0.1, -0.05) is 12.1 Å².